The molecule has 4 nitrogen and oxygen atoms in total. The van der Waals surface area contributed by atoms with Crippen molar-refractivity contribution in [2.45, 2.75) is 18.9 Å². The van der Waals surface area contributed by atoms with Crippen LogP contribution in [-0.2, 0) is 11.2 Å². The molecule has 0 saturated carbocycles. The van der Waals surface area contributed by atoms with Crippen LogP contribution in [0.3, 0.4) is 0 Å². The molecule has 0 aliphatic heterocycles. The number of thiophene rings is 1. The Balaban J connectivity index is 1.80. The Kier molecular flexibility index (Phi) is 4.76. The number of carbonyl (C=O) groups excluding carboxylic acids is 1. The lowest BCUT2D eigenvalue weighted by molar-refractivity contribution is -0.117. The van der Waals surface area contributed by atoms with Gasteiger partial charge in [0.1, 0.15) is 5.76 Å². The molecule has 20 heavy (non-hydrogen) atoms. The summed E-state index contributed by atoms with van der Waals surface area (Å²) in [7, 11) is 0. The van der Waals surface area contributed by atoms with Crippen LogP contribution in [0.4, 0.5) is 0 Å². The molecule has 0 spiro atoms. The summed E-state index contributed by atoms with van der Waals surface area (Å²) in [6.07, 6.45) is 5.14. The zero-order valence-corrected chi connectivity index (χ0v) is 12.0. The zero-order valence-electron chi connectivity index (χ0n) is 11.2. The van der Waals surface area contributed by atoms with Crippen LogP contribution in [0, 0.1) is 0 Å². The maximum Gasteiger partial charge on any atom is 0.244 e. The fourth-order valence-corrected chi connectivity index (χ4v) is 2.35. The highest BCUT2D eigenvalue weighted by Gasteiger charge is 2.22. The Morgan fingerprint density at radius 3 is 3.00 bits per heavy atom. The molecule has 106 valence electrons. The van der Waals surface area contributed by atoms with E-state index >= 15 is 0 Å². The molecule has 1 atom stereocenters. The molecule has 0 unspecified atom stereocenters. The van der Waals surface area contributed by atoms with E-state index < -0.39 is 5.60 Å². The third kappa shape index (κ3) is 4.68. The van der Waals surface area contributed by atoms with Gasteiger partial charge in [-0.3, -0.25) is 4.79 Å². The summed E-state index contributed by atoms with van der Waals surface area (Å²) in [6, 6.07) is 7.43. The minimum atomic E-state index is -1.04. The molecule has 0 aromatic carbocycles. The van der Waals surface area contributed by atoms with Crippen molar-refractivity contribution in [3.63, 3.8) is 0 Å². The van der Waals surface area contributed by atoms with Crippen molar-refractivity contribution in [2.24, 2.45) is 0 Å². The standard InChI is InChI=1S/C15H17NO3S/c1-15(18,10-12-4-2-8-19-12)11-16-14(17)7-6-13-5-3-9-20-13/h2-9,18H,10-11H2,1H3,(H,16,17)/b7-6+/t15-/m1/s1. The van der Waals surface area contributed by atoms with Crippen molar-refractivity contribution in [3.8, 4) is 0 Å². The first-order valence-corrected chi connectivity index (χ1v) is 7.17. The Bertz CT molecular complexity index is 556. The van der Waals surface area contributed by atoms with E-state index in [2.05, 4.69) is 5.32 Å². The van der Waals surface area contributed by atoms with E-state index in [-0.39, 0.29) is 12.5 Å². The maximum atomic E-state index is 11.7. The average Bonchev–Trinajstić information content (AvgIpc) is 3.06. The third-order valence-electron chi connectivity index (χ3n) is 2.72. The second-order valence-electron chi connectivity index (χ2n) is 4.82. The van der Waals surface area contributed by atoms with Crippen LogP contribution in [0.25, 0.3) is 6.08 Å². The van der Waals surface area contributed by atoms with E-state index in [1.807, 2.05) is 17.5 Å². The van der Waals surface area contributed by atoms with Gasteiger partial charge in [-0.15, -0.1) is 11.3 Å². The molecular formula is C15H17NO3S. The molecule has 2 aromatic rings. The Morgan fingerprint density at radius 1 is 1.50 bits per heavy atom. The molecule has 1 amide bonds. The fourth-order valence-electron chi connectivity index (χ4n) is 1.73. The van der Waals surface area contributed by atoms with E-state index in [9.17, 15) is 9.90 Å². The molecule has 2 N–H and O–H groups in total. The highest BCUT2D eigenvalue weighted by molar-refractivity contribution is 7.10. The van der Waals surface area contributed by atoms with Gasteiger partial charge in [-0.25, -0.2) is 0 Å². The molecule has 0 saturated heterocycles. The van der Waals surface area contributed by atoms with Gasteiger partial charge in [0.2, 0.25) is 5.91 Å². The minimum absolute atomic E-state index is 0.168. The van der Waals surface area contributed by atoms with Crippen LogP contribution >= 0.6 is 11.3 Å². The van der Waals surface area contributed by atoms with Crippen LogP contribution in [0.5, 0.6) is 0 Å². The SMILES string of the molecule is C[C@](O)(CNC(=O)/C=C/c1cccs1)Cc1ccco1. The molecule has 2 aromatic heterocycles. The number of hydrogen-bond acceptors (Lipinski definition) is 4. The number of amides is 1. The largest absolute Gasteiger partial charge is 0.469 e. The number of furan rings is 1. The van der Waals surface area contributed by atoms with E-state index in [1.165, 1.54) is 6.08 Å². The molecule has 0 bridgehead atoms. The topological polar surface area (TPSA) is 62.5 Å². The molecule has 2 heterocycles. The van der Waals surface area contributed by atoms with Gasteiger partial charge in [0.05, 0.1) is 11.9 Å². The number of nitrogens with one attached hydrogen (secondary N) is 1. The number of carbonyl (C=O) groups is 1. The van der Waals surface area contributed by atoms with Gasteiger partial charge < -0.3 is 14.8 Å². The van der Waals surface area contributed by atoms with Crippen LogP contribution in [0.15, 0.2) is 46.4 Å². The van der Waals surface area contributed by atoms with Crippen LogP contribution in [-0.4, -0.2) is 23.2 Å². The zero-order chi connectivity index (χ0) is 14.4. The molecule has 0 aliphatic rings. The number of aliphatic hydroxyl groups is 1. The van der Waals surface area contributed by atoms with Crippen molar-refractivity contribution in [3.05, 3.63) is 52.6 Å². The van der Waals surface area contributed by atoms with Gasteiger partial charge in [0.15, 0.2) is 0 Å². The van der Waals surface area contributed by atoms with Gasteiger partial charge in [-0.2, -0.15) is 0 Å². The predicted octanol–water partition coefficient (Wildman–Crippen LogP) is 2.46. The summed E-state index contributed by atoms with van der Waals surface area (Å²) in [6.45, 7) is 1.83. The van der Waals surface area contributed by atoms with E-state index in [1.54, 1.807) is 42.7 Å². The first-order valence-electron chi connectivity index (χ1n) is 6.29. The van der Waals surface area contributed by atoms with Crippen molar-refractivity contribution in [1.29, 1.82) is 0 Å². The van der Waals surface area contributed by atoms with E-state index in [4.69, 9.17) is 4.42 Å². The van der Waals surface area contributed by atoms with Crippen molar-refractivity contribution < 1.29 is 14.3 Å². The first-order chi connectivity index (χ1) is 9.55. The molecule has 2 rings (SSSR count). The molecule has 5 heteroatoms. The summed E-state index contributed by atoms with van der Waals surface area (Å²) in [4.78, 5) is 12.7. The Morgan fingerprint density at radius 2 is 2.35 bits per heavy atom. The van der Waals surface area contributed by atoms with E-state index in [0.717, 1.165) is 4.88 Å². The molecule has 0 fully saturated rings. The Hall–Kier alpha value is -1.85. The quantitative estimate of drug-likeness (QED) is 0.804. The van der Waals surface area contributed by atoms with Crippen molar-refractivity contribution in [2.75, 3.05) is 6.54 Å². The molecular weight excluding hydrogens is 274 g/mol. The number of rotatable bonds is 6. The fraction of sp³-hybridized carbons (Fsp3) is 0.267. The minimum Gasteiger partial charge on any atom is -0.469 e. The summed E-state index contributed by atoms with van der Waals surface area (Å²) >= 11 is 1.56. The molecule has 0 radical (unpaired) electrons. The normalized spacial score (nSPS) is 14.3. The summed E-state index contributed by atoms with van der Waals surface area (Å²) in [5.74, 6) is 0.469. The van der Waals surface area contributed by atoms with E-state index in [0.29, 0.717) is 12.2 Å². The predicted molar refractivity (Wildman–Crippen MR) is 79.4 cm³/mol. The maximum absolute atomic E-state index is 11.7. The van der Waals surface area contributed by atoms with Crippen molar-refractivity contribution >= 4 is 23.3 Å². The lowest BCUT2D eigenvalue weighted by Crippen LogP contribution is -2.41. The monoisotopic (exact) mass is 291 g/mol. The summed E-state index contributed by atoms with van der Waals surface area (Å²) in [5, 5.41) is 14.8. The molecule has 0 aliphatic carbocycles. The van der Waals surface area contributed by atoms with Gasteiger partial charge in [-0.1, -0.05) is 6.07 Å². The average molecular weight is 291 g/mol. The summed E-state index contributed by atoms with van der Waals surface area (Å²) < 4.78 is 5.19. The smallest absolute Gasteiger partial charge is 0.244 e. The van der Waals surface area contributed by atoms with Crippen molar-refractivity contribution in [1.82, 2.24) is 5.32 Å². The van der Waals surface area contributed by atoms with Crippen LogP contribution < -0.4 is 5.32 Å². The lowest BCUT2D eigenvalue weighted by atomic mass is 10.0. The second-order valence-corrected chi connectivity index (χ2v) is 5.80. The third-order valence-corrected chi connectivity index (χ3v) is 3.56. The summed E-state index contributed by atoms with van der Waals surface area (Å²) in [5.41, 5.74) is -1.04. The van der Waals surface area contributed by atoms with Gasteiger partial charge in [0, 0.05) is 23.9 Å². The van der Waals surface area contributed by atoms with Gasteiger partial charge in [-0.05, 0) is 36.6 Å². The highest BCUT2D eigenvalue weighted by atomic mass is 32.1. The van der Waals surface area contributed by atoms with Crippen LogP contribution in [0.1, 0.15) is 17.6 Å². The Labute approximate surface area is 121 Å². The van der Waals surface area contributed by atoms with Gasteiger partial charge in [0.25, 0.3) is 0 Å². The van der Waals surface area contributed by atoms with Gasteiger partial charge >= 0.3 is 0 Å². The lowest BCUT2D eigenvalue weighted by Gasteiger charge is -2.22. The number of hydrogen-bond donors (Lipinski definition) is 2. The highest BCUT2D eigenvalue weighted by Crippen LogP contribution is 2.13. The van der Waals surface area contributed by atoms with Crippen LogP contribution in [0.2, 0.25) is 0 Å². The second kappa shape index (κ2) is 6.54. The first kappa shape index (κ1) is 14.6.